The summed E-state index contributed by atoms with van der Waals surface area (Å²) in [5, 5.41) is 20.8. The van der Waals surface area contributed by atoms with Crippen LogP contribution in [-0.4, -0.2) is 58.3 Å². The Morgan fingerprint density at radius 2 is 2.24 bits per heavy atom. The SMILES string of the molecule is COc1ccc2cn(-c3nc(C(=O)Nc4cnccc4N4CCN[C@H](C)C4)cs3)c(O)c2c1. The van der Waals surface area contributed by atoms with Crippen LogP contribution in [0.4, 0.5) is 11.4 Å². The molecular formula is C23H24N6O3S. The molecule has 0 radical (unpaired) electrons. The molecule has 1 atom stereocenters. The molecule has 1 aliphatic heterocycles. The van der Waals surface area contributed by atoms with Crippen molar-refractivity contribution in [3.8, 4) is 16.8 Å². The molecular weight excluding hydrogens is 440 g/mol. The Balaban J connectivity index is 1.39. The van der Waals surface area contributed by atoms with Crippen molar-refractivity contribution in [2.24, 2.45) is 0 Å². The molecule has 1 fully saturated rings. The van der Waals surface area contributed by atoms with Crippen molar-refractivity contribution in [1.29, 1.82) is 0 Å². The third-order valence-corrected chi connectivity index (χ3v) is 6.52. The fourth-order valence-electron chi connectivity index (χ4n) is 4.02. The number of anilines is 2. The van der Waals surface area contributed by atoms with Gasteiger partial charge in [-0.25, -0.2) is 4.98 Å². The number of thiazole rings is 1. The Bertz CT molecular complexity index is 1320. The Morgan fingerprint density at radius 1 is 1.36 bits per heavy atom. The number of aromatic hydroxyl groups is 1. The number of methoxy groups -OCH3 is 1. The molecule has 3 N–H and O–H groups in total. The molecule has 10 heteroatoms. The van der Waals surface area contributed by atoms with Crippen molar-refractivity contribution in [3.63, 3.8) is 0 Å². The van der Waals surface area contributed by atoms with Crippen LogP contribution in [-0.2, 0) is 0 Å². The number of carbonyl (C=O) groups is 1. The molecule has 0 saturated carbocycles. The first-order valence-electron chi connectivity index (χ1n) is 10.6. The number of nitrogens with one attached hydrogen (secondary N) is 2. The predicted octanol–water partition coefficient (Wildman–Crippen LogP) is 3.25. The van der Waals surface area contributed by atoms with Crippen LogP contribution in [0, 0.1) is 0 Å². The van der Waals surface area contributed by atoms with E-state index in [1.807, 2.05) is 18.2 Å². The summed E-state index contributed by atoms with van der Waals surface area (Å²) in [6.07, 6.45) is 5.17. The van der Waals surface area contributed by atoms with Crippen molar-refractivity contribution in [3.05, 3.63) is 53.9 Å². The van der Waals surface area contributed by atoms with Crippen LogP contribution in [0.15, 0.2) is 48.2 Å². The van der Waals surface area contributed by atoms with Gasteiger partial charge in [-0.1, -0.05) is 0 Å². The zero-order chi connectivity index (χ0) is 22.9. The highest BCUT2D eigenvalue weighted by molar-refractivity contribution is 7.12. The van der Waals surface area contributed by atoms with E-state index >= 15 is 0 Å². The van der Waals surface area contributed by atoms with Gasteiger partial charge in [0.2, 0.25) is 5.88 Å². The lowest BCUT2D eigenvalue weighted by molar-refractivity contribution is 0.102. The fourth-order valence-corrected chi connectivity index (χ4v) is 4.80. The standard InChI is InChI=1S/C23H24N6O3S/c1-14-11-28(8-7-25-14)20-5-6-24-10-18(20)26-21(30)19-13-33-23(27-19)29-12-15-3-4-16(32-2)9-17(15)22(29)31/h3-6,9-10,12-14,25,31H,7-8,11H2,1-2H3,(H,26,30)/t14-/m1/s1. The van der Waals surface area contributed by atoms with Crippen molar-refractivity contribution in [2.45, 2.75) is 13.0 Å². The monoisotopic (exact) mass is 464 g/mol. The van der Waals surface area contributed by atoms with E-state index in [2.05, 4.69) is 32.4 Å². The number of hydrogen-bond donors (Lipinski definition) is 3. The molecule has 4 heterocycles. The predicted molar refractivity (Wildman–Crippen MR) is 129 cm³/mol. The Kier molecular flexibility index (Phi) is 5.61. The number of rotatable bonds is 5. The number of piperazine rings is 1. The lowest BCUT2D eigenvalue weighted by atomic mass is 10.2. The van der Waals surface area contributed by atoms with Gasteiger partial charge in [0.1, 0.15) is 11.4 Å². The summed E-state index contributed by atoms with van der Waals surface area (Å²) in [7, 11) is 1.58. The van der Waals surface area contributed by atoms with Gasteiger partial charge in [0.15, 0.2) is 5.13 Å². The third-order valence-electron chi connectivity index (χ3n) is 5.68. The zero-order valence-electron chi connectivity index (χ0n) is 18.3. The van der Waals surface area contributed by atoms with Crippen molar-refractivity contribution in [1.82, 2.24) is 19.9 Å². The second-order valence-electron chi connectivity index (χ2n) is 7.94. The van der Waals surface area contributed by atoms with Gasteiger partial charge in [0.05, 0.1) is 24.7 Å². The number of fused-ring (bicyclic) bond motifs is 1. The van der Waals surface area contributed by atoms with Gasteiger partial charge in [-0.2, -0.15) is 0 Å². The molecule has 5 rings (SSSR count). The van der Waals surface area contributed by atoms with Crippen LogP contribution in [0.25, 0.3) is 15.9 Å². The number of nitrogens with zero attached hydrogens (tertiary/aromatic N) is 4. The lowest BCUT2D eigenvalue weighted by Crippen LogP contribution is -2.49. The normalized spacial score (nSPS) is 16.2. The van der Waals surface area contributed by atoms with E-state index in [4.69, 9.17) is 4.74 Å². The van der Waals surface area contributed by atoms with Crippen LogP contribution in [0.2, 0.25) is 0 Å². The second kappa shape index (κ2) is 8.72. The highest BCUT2D eigenvalue weighted by Crippen LogP contribution is 2.34. The van der Waals surface area contributed by atoms with E-state index in [9.17, 15) is 9.90 Å². The summed E-state index contributed by atoms with van der Waals surface area (Å²) < 4.78 is 6.82. The Morgan fingerprint density at radius 3 is 3.06 bits per heavy atom. The van der Waals surface area contributed by atoms with E-state index in [1.165, 1.54) is 11.3 Å². The van der Waals surface area contributed by atoms with Crippen LogP contribution < -0.4 is 20.3 Å². The van der Waals surface area contributed by atoms with Crippen molar-refractivity contribution < 1.29 is 14.6 Å². The first-order valence-corrected chi connectivity index (χ1v) is 11.5. The molecule has 0 bridgehead atoms. The van der Waals surface area contributed by atoms with Gasteiger partial charge in [-0.05, 0) is 31.2 Å². The minimum atomic E-state index is -0.326. The smallest absolute Gasteiger partial charge is 0.275 e. The molecule has 3 aromatic heterocycles. The van der Waals surface area contributed by atoms with Crippen molar-refractivity contribution in [2.75, 3.05) is 37.0 Å². The summed E-state index contributed by atoms with van der Waals surface area (Å²) >= 11 is 1.28. The molecule has 0 spiro atoms. The Labute approximate surface area is 194 Å². The molecule has 33 heavy (non-hydrogen) atoms. The molecule has 0 unspecified atom stereocenters. The average Bonchev–Trinajstić information content (AvgIpc) is 3.44. The van der Waals surface area contributed by atoms with Crippen LogP contribution >= 0.6 is 11.3 Å². The first-order chi connectivity index (χ1) is 16.0. The quantitative estimate of drug-likeness (QED) is 0.416. The van der Waals surface area contributed by atoms with E-state index < -0.39 is 0 Å². The Hall–Kier alpha value is -3.63. The van der Waals surface area contributed by atoms with Gasteiger partial charge in [0.25, 0.3) is 5.91 Å². The largest absolute Gasteiger partial charge is 0.497 e. The van der Waals surface area contributed by atoms with Crippen molar-refractivity contribution >= 4 is 39.4 Å². The number of carbonyl (C=O) groups excluding carboxylic acids is 1. The summed E-state index contributed by atoms with van der Waals surface area (Å²) in [4.78, 5) is 23.9. The van der Waals surface area contributed by atoms with Gasteiger partial charge < -0.3 is 25.4 Å². The topological polar surface area (TPSA) is 105 Å². The van der Waals surface area contributed by atoms with Crippen LogP contribution in [0.1, 0.15) is 17.4 Å². The number of hydrogen-bond acceptors (Lipinski definition) is 8. The number of amides is 1. The molecule has 9 nitrogen and oxygen atoms in total. The minimum Gasteiger partial charge on any atom is -0.497 e. The highest BCUT2D eigenvalue weighted by Gasteiger charge is 2.21. The summed E-state index contributed by atoms with van der Waals surface area (Å²) in [6, 6.07) is 7.74. The third kappa shape index (κ3) is 4.10. The van der Waals surface area contributed by atoms with Gasteiger partial charge in [0, 0.05) is 54.2 Å². The van der Waals surface area contributed by atoms with Crippen LogP contribution in [0.5, 0.6) is 11.6 Å². The van der Waals surface area contributed by atoms with E-state index in [0.29, 0.717) is 28.0 Å². The number of pyridine rings is 1. The second-order valence-corrected chi connectivity index (χ2v) is 8.78. The maximum absolute atomic E-state index is 13.0. The number of benzene rings is 1. The molecule has 4 aromatic rings. The lowest BCUT2D eigenvalue weighted by Gasteiger charge is -2.34. The summed E-state index contributed by atoms with van der Waals surface area (Å²) in [6.45, 7) is 4.72. The molecule has 1 amide bonds. The first kappa shape index (κ1) is 21.2. The van der Waals surface area contributed by atoms with E-state index in [1.54, 1.807) is 41.7 Å². The van der Waals surface area contributed by atoms with Gasteiger partial charge >= 0.3 is 0 Å². The number of aromatic nitrogens is 3. The van der Waals surface area contributed by atoms with E-state index in [0.717, 1.165) is 30.7 Å². The zero-order valence-corrected chi connectivity index (χ0v) is 19.1. The average molecular weight is 465 g/mol. The minimum absolute atomic E-state index is 0.0487. The fraction of sp³-hybridized carbons (Fsp3) is 0.261. The number of ether oxygens (including phenoxy) is 1. The maximum atomic E-state index is 13.0. The van der Waals surface area contributed by atoms with Gasteiger partial charge in [-0.3, -0.25) is 14.3 Å². The van der Waals surface area contributed by atoms with Gasteiger partial charge in [-0.15, -0.1) is 11.3 Å². The van der Waals surface area contributed by atoms with Crippen LogP contribution in [0.3, 0.4) is 0 Å². The summed E-state index contributed by atoms with van der Waals surface area (Å²) in [5.74, 6) is 0.376. The van der Waals surface area contributed by atoms with E-state index in [-0.39, 0.29) is 17.5 Å². The molecule has 1 aliphatic rings. The highest BCUT2D eigenvalue weighted by atomic mass is 32.1. The molecule has 0 aliphatic carbocycles. The molecule has 1 saturated heterocycles. The maximum Gasteiger partial charge on any atom is 0.275 e. The summed E-state index contributed by atoms with van der Waals surface area (Å²) in [5.41, 5.74) is 1.85. The molecule has 1 aromatic carbocycles. The molecule has 170 valence electrons.